The number of thioether (sulfide) groups is 1. The van der Waals surface area contributed by atoms with Crippen molar-refractivity contribution in [2.24, 2.45) is 0 Å². The summed E-state index contributed by atoms with van der Waals surface area (Å²) in [6.45, 7) is 4.07. The highest BCUT2D eigenvalue weighted by Crippen LogP contribution is 2.26. The average molecular weight is 370 g/mol. The number of hydrogen-bond acceptors (Lipinski definition) is 7. The smallest absolute Gasteiger partial charge is 0.277 e. The van der Waals surface area contributed by atoms with Crippen LogP contribution in [-0.4, -0.2) is 19.6 Å². The van der Waals surface area contributed by atoms with E-state index in [-0.39, 0.29) is 5.56 Å². The Balaban J connectivity index is 1.53. The SMILES string of the molecule is Cc1cc(C)cc(-c2nnc(SCc3cc(=O)n4ccsc4n3)o2)c1. The number of nitrogens with zero attached hydrogens (tertiary/aromatic N) is 4. The summed E-state index contributed by atoms with van der Waals surface area (Å²) in [6, 6.07) is 7.67. The van der Waals surface area contributed by atoms with E-state index in [1.165, 1.54) is 33.6 Å². The highest BCUT2D eigenvalue weighted by atomic mass is 32.2. The maximum Gasteiger partial charge on any atom is 0.277 e. The number of fused-ring (bicyclic) bond motifs is 1. The molecule has 0 bridgehead atoms. The molecule has 0 aliphatic heterocycles. The molecule has 0 saturated carbocycles. The second-order valence-corrected chi connectivity index (χ2v) is 7.48. The molecule has 0 fully saturated rings. The Morgan fingerprint density at radius 1 is 1.16 bits per heavy atom. The summed E-state index contributed by atoms with van der Waals surface area (Å²) in [4.78, 5) is 17.1. The molecule has 0 N–H and O–H groups in total. The third-order valence-electron chi connectivity index (χ3n) is 3.57. The molecule has 4 aromatic rings. The van der Waals surface area contributed by atoms with Gasteiger partial charge in [-0.1, -0.05) is 29.0 Å². The second-order valence-electron chi connectivity index (χ2n) is 5.68. The van der Waals surface area contributed by atoms with Gasteiger partial charge in [-0.15, -0.1) is 21.5 Å². The molecule has 8 heteroatoms. The first kappa shape index (κ1) is 16.0. The molecule has 126 valence electrons. The van der Waals surface area contributed by atoms with Crippen molar-refractivity contribution < 1.29 is 4.42 Å². The fraction of sp³-hybridized carbons (Fsp3) is 0.176. The van der Waals surface area contributed by atoms with Crippen LogP contribution in [0.1, 0.15) is 16.8 Å². The lowest BCUT2D eigenvalue weighted by Gasteiger charge is -2.00. The molecule has 3 heterocycles. The van der Waals surface area contributed by atoms with Crippen LogP contribution < -0.4 is 5.56 Å². The number of rotatable bonds is 4. The predicted molar refractivity (Wildman–Crippen MR) is 98.1 cm³/mol. The van der Waals surface area contributed by atoms with E-state index < -0.39 is 0 Å². The Morgan fingerprint density at radius 2 is 1.96 bits per heavy atom. The normalized spacial score (nSPS) is 11.3. The first-order chi connectivity index (χ1) is 12.1. The molecule has 0 saturated heterocycles. The number of thiazole rings is 1. The maximum absolute atomic E-state index is 12.0. The Morgan fingerprint density at radius 3 is 2.76 bits per heavy atom. The van der Waals surface area contributed by atoms with Gasteiger partial charge in [-0.3, -0.25) is 9.20 Å². The van der Waals surface area contributed by atoms with Crippen LogP contribution in [0.2, 0.25) is 0 Å². The molecule has 0 atom stereocenters. The van der Waals surface area contributed by atoms with Crippen molar-refractivity contribution in [3.8, 4) is 11.5 Å². The van der Waals surface area contributed by atoms with Crippen LogP contribution in [-0.2, 0) is 5.75 Å². The number of aryl methyl sites for hydroxylation is 2. The van der Waals surface area contributed by atoms with Crippen LogP contribution >= 0.6 is 23.1 Å². The van der Waals surface area contributed by atoms with E-state index in [0.29, 0.717) is 27.5 Å². The molecule has 3 aromatic heterocycles. The van der Waals surface area contributed by atoms with Gasteiger partial charge in [0.15, 0.2) is 4.96 Å². The molecule has 0 aliphatic rings. The largest absolute Gasteiger partial charge is 0.411 e. The number of benzene rings is 1. The van der Waals surface area contributed by atoms with Gasteiger partial charge < -0.3 is 4.42 Å². The zero-order valence-electron chi connectivity index (χ0n) is 13.6. The highest BCUT2D eigenvalue weighted by Gasteiger charge is 2.11. The van der Waals surface area contributed by atoms with Crippen molar-refractivity contribution in [3.05, 3.63) is 63.0 Å². The van der Waals surface area contributed by atoms with E-state index in [2.05, 4.69) is 21.2 Å². The van der Waals surface area contributed by atoms with Gasteiger partial charge in [-0.05, 0) is 26.0 Å². The maximum atomic E-state index is 12.0. The fourth-order valence-corrected chi connectivity index (χ4v) is 3.97. The minimum absolute atomic E-state index is 0.0803. The molecule has 0 amide bonds. The lowest BCUT2D eigenvalue weighted by molar-refractivity contribution is 0.465. The minimum atomic E-state index is -0.0803. The topological polar surface area (TPSA) is 73.3 Å². The van der Waals surface area contributed by atoms with Gasteiger partial charge in [0.25, 0.3) is 10.8 Å². The van der Waals surface area contributed by atoms with Crippen molar-refractivity contribution in [1.29, 1.82) is 0 Å². The summed E-state index contributed by atoms with van der Waals surface area (Å²) in [5.74, 6) is 0.994. The summed E-state index contributed by atoms with van der Waals surface area (Å²) < 4.78 is 7.27. The van der Waals surface area contributed by atoms with Crippen molar-refractivity contribution in [1.82, 2.24) is 19.6 Å². The third-order valence-corrected chi connectivity index (χ3v) is 5.18. The molecule has 4 rings (SSSR count). The van der Waals surface area contributed by atoms with Gasteiger partial charge in [0.1, 0.15) is 0 Å². The van der Waals surface area contributed by atoms with Gasteiger partial charge in [-0.25, -0.2) is 4.98 Å². The zero-order valence-corrected chi connectivity index (χ0v) is 15.2. The summed E-state index contributed by atoms with van der Waals surface area (Å²) >= 11 is 2.80. The van der Waals surface area contributed by atoms with Crippen LogP contribution in [0.5, 0.6) is 0 Å². The molecule has 0 unspecified atom stereocenters. The van der Waals surface area contributed by atoms with Crippen LogP contribution in [0.3, 0.4) is 0 Å². The molecular weight excluding hydrogens is 356 g/mol. The van der Waals surface area contributed by atoms with E-state index in [9.17, 15) is 4.79 Å². The Hall–Kier alpha value is -2.45. The van der Waals surface area contributed by atoms with Crippen LogP contribution in [0.15, 0.2) is 50.3 Å². The predicted octanol–water partition coefficient (Wildman–Crippen LogP) is 3.72. The van der Waals surface area contributed by atoms with Crippen molar-refractivity contribution in [2.45, 2.75) is 24.8 Å². The average Bonchev–Trinajstić information content (AvgIpc) is 3.21. The van der Waals surface area contributed by atoms with Gasteiger partial charge in [-0.2, -0.15) is 0 Å². The van der Waals surface area contributed by atoms with E-state index >= 15 is 0 Å². The van der Waals surface area contributed by atoms with Gasteiger partial charge in [0, 0.05) is 29.0 Å². The number of hydrogen-bond donors (Lipinski definition) is 0. The van der Waals surface area contributed by atoms with Crippen LogP contribution in [0.25, 0.3) is 16.4 Å². The monoisotopic (exact) mass is 370 g/mol. The molecule has 0 radical (unpaired) electrons. The molecule has 0 spiro atoms. The quantitative estimate of drug-likeness (QED) is 0.510. The van der Waals surface area contributed by atoms with Crippen molar-refractivity contribution >= 4 is 28.1 Å². The first-order valence-electron chi connectivity index (χ1n) is 7.59. The third kappa shape index (κ3) is 3.35. The summed E-state index contributed by atoms with van der Waals surface area (Å²) in [6.07, 6.45) is 1.72. The second kappa shape index (κ2) is 6.45. The lowest BCUT2D eigenvalue weighted by atomic mass is 10.1. The van der Waals surface area contributed by atoms with E-state index in [1.54, 1.807) is 6.20 Å². The van der Waals surface area contributed by atoms with E-state index in [0.717, 1.165) is 16.7 Å². The number of aromatic nitrogens is 4. The molecular formula is C17H14N4O2S2. The Kier molecular flexibility index (Phi) is 4.14. The van der Waals surface area contributed by atoms with Gasteiger partial charge in [0.05, 0.1) is 5.69 Å². The summed E-state index contributed by atoms with van der Waals surface area (Å²) in [5, 5.41) is 10.5. The standard InChI is InChI=1S/C17H14N4O2S2/c1-10-5-11(2)7-12(6-10)15-19-20-17(23-15)25-9-13-8-14(22)21-3-4-24-16(21)18-13/h3-8H,9H2,1-2H3. The Bertz CT molecular complexity index is 1090. The first-order valence-corrected chi connectivity index (χ1v) is 9.46. The van der Waals surface area contributed by atoms with Crippen LogP contribution in [0, 0.1) is 13.8 Å². The Labute approximate surface area is 151 Å². The van der Waals surface area contributed by atoms with E-state index in [1.807, 2.05) is 31.4 Å². The molecule has 0 aliphatic carbocycles. The van der Waals surface area contributed by atoms with Crippen molar-refractivity contribution in [3.63, 3.8) is 0 Å². The summed E-state index contributed by atoms with van der Waals surface area (Å²) in [5.41, 5.74) is 3.83. The minimum Gasteiger partial charge on any atom is -0.411 e. The van der Waals surface area contributed by atoms with Gasteiger partial charge >= 0.3 is 0 Å². The lowest BCUT2D eigenvalue weighted by Crippen LogP contribution is -2.12. The van der Waals surface area contributed by atoms with Crippen LogP contribution in [0.4, 0.5) is 0 Å². The fourth-order valence-electron chi connectivity index (χ4n) is 2.58. The zero-order chi connectivity index (χ0) is 17.4. The van der Waals surface area contributed by atoms with E-state index in [4.69, 9.17) is 4.42 Å². The molecule has 6 nitrogen and oxygen atoms in total. The van der Waals surface area contributed by atoms with Gasteiger partial charge in [0.2, 0.25) is 5.89 Å². The summed E-state index contributed by atoms with van der Waals surface area (Å²) in [7, 11) is 0. The molecule has 1 aromatic carbocycles. The van der Waals surface area contributed by atoms with Crippen molar-refractivity contribution in [2.75, 3.05) is 0 Å². The highest BCUT2D eigenvalue weighted by molar-refractivity contribution is 7.98. The molecule has 25 heavy (non-hydrogen) atoms.